The number of rotatable bonds is 4. The summed E-state index contributed by atoms with van der Waals surface area (Å²) < 4.78 is 33.8. The van der Waals surface area contributed by atoms with Gasteiger partial charge >= 0.3 is 12.1 Å². The maximum atomic E-state index is 15.6. The molecule has 2 aliphatic rings. The molecule has 10 nitrogen and oxygen atoms in total. The Balaban J connectivity index is 1.46. The predicted octanol–water partition coefficient (Wildman–Crippen LogP) is 4.42. The van der Waals surface area contributed by atoms with Crippen LogP contribution in [-0.2, 0) is 9.47 Å². The summed E-state index contributed by atoms with van der Waals surface area (Å²) in [5, 5.41) is 5.55. The van der Waals surface area contributed by atoms with Crippen LogP contribution in [0.5, 0.6) is 6.01 Å². The number of likely N-dealkylation sites (tertiary alicyclic amines) is 1. The molecule has 0 radical (unpaired) electrons. The first-order valence-electron chi connectivity index (χ1n) is 13.4. The molecule has 2 saturated heterocycles. The van der Waals surface area contributed by atoms with Crippen LogP contribution >= 0.6 is 0 Å². The fraction of sp³-hybridized carbons (Fsp3) is 0.571. The number of hydrogen-bond acceptors (Lipinski definition) is 8. The Morgan fingerprint density at radius 2 is 1.92 bits per heavy atom. The number of anilines is 1. The monoisotopic (exact) mass is 540 g/mol. The molecule has 2 aromatic heterocycles. The molecule has 0 saturated carbocycles. The van der Waals surface area contributed by atoms with Crippen LogP contribution in [0.3, 0.4) is 0 Å². The van der Waals surface area contributed by atoms with E-state index < -0.39 is 17.9 Å². The molecule has 39 heavy (non-hydrogen) atoms. The molecule has 4 heterocycles. The first kappa shape index (κ1) is 27.1. The molecule has 2 fully saturated rings. The topological polar surface area (TPSA) is 94.8 Å². The number of amides is 1. The van der Waals surface area contributed by atoms with E-state index in [0.717, 1.165) is 27.8 Å². The quantitative estimate of drug-likeness (QED) is 0.480. The molecule has 0 N–H and O–H groups in total. The Kier molecular flexibility index (Phi) is 7.37. The summed E-state index contributed by atoms with van der Waals surface area (Å²) in [4.78, 5) is 25.3. The molecule has 1 amide bonds. The Labute approximate surface area is 228 Å². The number of methoxy groups -OCH3 is 1. The molecular formula is C28H37FN6O4. The summed E-state index contributed by atoms with van der Waals surface area (Å²) >= 11 is 0. The maximum absolute atomic E-state index is 15.6. The number of alkyl halides is 1. The third-order valence-electron chi connectivity index (χ3n) is 7.29. The maximum Gasteiger partial charge on any atom is 0.410 e. The fourth-order valence-electron chi connectivity index (χ4n) is 5.35. The van der Waals surface area contributed by atoms with Crippen LogP contribution in [0.2, 0.25) is 0 Å². The van der Waals surface area contributed by atoms with Crippen LogP contribution in [0, 0.1) is 6.92 Å². The number of benzene rings is 1. The Morgan fingerprint density at radius 3 is 2.62 bits per heavy atom. The van der Waals surface area contributed by atoms with Gasteiger partial charge in [-0.2, -0.15) is 15.1 Å². The lowest BCUT2D eigenvalue weighted by Crippen LogP contribution is -2.46. The van der Waals surface area contributed by atoms with Gasteiger partial charge in [0.1, 0.15) is 17.6 Å². The highest BCUT2D eigenvalue weighted by Crippen LogP contribution is 2.36. The molecule has 2 unspecified atom stereocenters. The number of aryl methyl sites for hydroxylation is 1. The average Bonchev–Trinajstić information content (AvgIpc) is 3.30. The number of hydrogen-bond donors (Lipinski definition) is 0. The van der Waals surface area contributed by atoms with Crippen LogP contribution in [0.25, 0.3) is 16.7 Å². The van der Waals surface area contributed by atoms with E-state index in [-0.39, 0.29) is 24.5 Å². The van der Waals surface area contributed by atoms with Gasteiger partial charge in [-0.15, -0.1) is 0 Å². The molecule has 210 valence electrons. The van der Waals surface area contributed by atoms with Gasteiger partial charge in [-0.25, -0.2) is 13.9 Å². The van der Waals surface area contributed by atoms with Crippen molar-refractivity contribution in [2.24, 2.45) is 0 Å². The van der Waals surface area contributed by atoms with Crippen LogP contribution in [0.1, 0.15) is 51.2 Å². The van der Waals surface area contributed by atoms with E-state index >= 15 is 4.39 Å². The highest BCUT2D eigenvalue weighted by molar-refractivity contribution is 5.82. The summed E-state index contributed by atoms with van der Waals surface area (Å²) in [6.45, 7) is 11.9. The summed E-state index contributed by atoms with van der Waals surface area (Å²) in [5.74, 6) is 0.958. The first-order chi connectivity index (χ1) is 18.5. The second-order valence-electron chi connectivity index (χ2n) is 11.3. The van der Waals surface area contributed by atoms with Crippen molar-refractivity contribution in [1.82, 2.24) is 24.6 Å². The zero-order valence-corrected chi connectivity index (χ0v) is 23.5. The van der Waals surface area contributed by atoms with Gasteiger partial charge in [-0.05, 0) is 64.3 Å². The van der Waals surface area contributed by atoms with Gasteiger partial charge in [0.15, 0.2) is 5.82 Å². The summed E-state index contributed by atoms with van der Waals surface area (Å²) in [5.41, 5.74) is 2.09. The number of carbonyl (C=O) groups is 1. The van der Waals surface area contributed by atoms with Gasteiger partial charge in [0.2, 0.25) is 0 Å². The molecule has 3 atom stereocenters. The van der Waals surface area contributed by atoms with Gasteiger partial charge in [0, 0.05) is 30.5 Å². The zero-order valence-electron chi connectivity index (χ0n) is 23.5. The van der Waals surface area contributed by atoms with E-state index in [4.69, 9.17) is 14.2 Å². The number of piperidine rings is 1. The van der Waals surface area contributed by atoms with Gasteiger partial charge < -0.3 is 24.0 Å². The van der Waals surface area contributed by atoms with Gasteiger partial charge in [-0.3, -0.25) is 0 Å². The highest BCUT2D eigenvalue weighted by Gasteiger charge is 2.35. The lowest BCUT2D eigenvalue weighted by Gasteiger charge is -2.36. The van der Waals surface area contributed by atoms with Gasteiger partial charge in [0.25, 0.3) is 0 Å². The van der Waals surface area contributed by atoms with E-state index in [9.17, 15) is 4.79 Å². The summed E-state index contributed by atoms with van der Waals surface area (Å²) in [6.07, 6.45) is 0.598. The molecule has 0 aliphatic carbocycles. The first-order valence-corrected chi connectivity index (χ1v) is 13.4. The minimum Gasteiger partial charge on any atom is -0.467 e. The van der Waals surface area contributed by atoms with Crippen LogP contribution in [0.4, 0.5) is 15.0 Å². The second-order valence-corrected chi connectivity index (χ2v) is 11.3. The van der Waals surface area contributed by atoms with Crippen LogP contribution in [0.15, 0.2) is 24.4 Å². The van der Waals surface area contributed by atoms with E-state index in [2.05, 4.69) is 26.9 Å². The summed E-state index contributed by atoms with van der Waals surface area (Å²) in [6, 6.07) is 6.33. The number of aromatic nitrogens is 4. The van der Waals surface area contributed by atoms with Crippen molar-refractivity contribution in [3.8, 4) is 11.8 Å². The number of nitrogens with zero attached hydrogens (tertiary/aromatic N) is 6. The van der Waals surface area contributed by atoms with Crippen molar-refractivity contribution < 1.29 is 23.4 Å². The Bertz CT molecular complexity index is 1360. The molecular weight excluding hydrogens is 503 g/mol. The zero-order chi connectivity index (χ0) is 27.9. The highest BCUT2D eigenvalue weighted by atomic mass is 19.1. The van der Waals surface area contributed by atoms with Gasteiger partial charge in [-0.1, -0.05) is 0 Å². The predicted molar refractivity (Wildman–Crippen MR) is 146 cm³/mol. The van der Waals surface area contributed by atoms with Crippen molar-refractivity contribution in [2.75, 3.05) is 44.9 Å². The molecule has 0 bridgehead atoms. The van der Waals surface area contributed by atoms with E-state index in [0.29, 0.717) is 38.5 Å². The minimum atomic E-state index is -1.22. The third-order valence-corrected chi connectivity index (χ3v) is 7.29. The van der Waals surface area contributed by atoms with Crippen molar-refractivity contribution in [3.63, 3.8) is 0 Å². The molecule has 3 aromatic rings. The number of morpholine rings is 1. The van der Waals surface area contributed by atoms with E-state index in [1.54, 1.807) is 18.0 Å². The van der Waals surface area contributed by atoms with E-state index in [1.807, 2.05) is 45.9 Å². The third kappa shape index (κ3) is 5.63. The molecule has 1 aromatic carbocycles. The lowest BCUT2D eigenvalue weighted by molar-refractivity contribution is 0.0111. The molecule has 5 rings (SSSR count). The van der Waals surface area contributed by atoms with Crippen LogP contribution in [-0.4, -0.2) is 88.5 Å². The molecule has 0 spiro atoms. The van der Waals surface area contributed by atoms with Crippen molar-refractivity contribution >= 4 is 22.8 Å². The molecule has 2 aliphatic heterocycles. The minimum absolute atomic E-state index is 0.000517. The number of halogens is 1. The summed E-state index contributed by atoms with van der Waals surface area (Å²) in [7, 11) is 1.54. The largest absolute Gasteiger partial charge is 0.467 e. The van der Waals surface area contributed by atoms with Crippen molar-refractivity contribution in [2.45, 2.75) is 64.8 Å². The fourth-order valence-corrected chi connectivity index (χ4v) is 5.35. The number of fused-ring (bicyclic) bond motifs is 1. The number of carbonyl (C=O) groups excluding carboxylic acids is 1. The van der Waals surface area contributed by atoms with Crippen molar-refractivity contribution in [1.29, 1.82) is 0 Å². The number of ether oxygens (including phenoxy) is 3. The average molecular weight is 541 g/mol. The Morgan fingerprint density at radius 1 is 1.15 bits per heavy atom. The smallest absolute Gasteiger partial charge is 0.410 e. The van der Waals surface area contributed by atoms with Crippen molar-refractivity contribution in [3.05, 3.63) is 35.5 Å². The van der Waals surface area contributed by atoms with Gasteiger partial charge in [0.05, 0.1) is 44.6 Å². The SMILES string of the molecule is COc1nc(N2CCOC[C@@H]2C)cc(-n2ncc3cc(C)c(C4CCN(C(=O)OC(C)(C)C)CC4F)cc32)n1. The second kappa shape index (κ2) is 10.6. The molecule has 11 heteroatoms. The normalized spacial score (nSPS) is 22.3. The van der Waals surface area contributed by atoms with E-state index in [1.165, 1.54) is 4.90 Å². The lowest BCUT2D eigenvalue weighted by atomic mass is 9.85. The Hall–Kier alpha value is -3.47. The van der Waals surface area contributed by atoms with Crippen LogP contribution < -0.4 is 9.64 Å². The standard InChI is InChI=1S/C28H37FN6O4/c1-17-11-19-14-30-35(25-13-24(31-26(32-25)37-6)34-9-10-38-16-18(34)2)23(19)12-21(17)20-7-8-33(15-22(20)29)27(36)39-28(3,4)5/h11-14,18,20,22H,7-10,15-16H2,1-6H3/t18-,20?,22?/m0/s1.